The van der Waals surface area contributed by atoms with Crippen LogP contribution in [-0.2, 0) is 9.53 Å². The van der Waals surface area contributed by atoms with E-state index in [4.69, 9.17) is 11.6 Å². The van der Waals surface area contributed by atoms with Crippen LogP contribution in [0.15, 0.2) is 35.2 Å². The van der Waals surface area contributed by atoms with Gasteiger partial charge in [0.05, 0.1) is 7.11 Å². The topological polar surface area (TPSA) is 43.4 Å². The number of hydrogen-bond donors (Lipinski definition) is 0. The lowest BCUT2D eigenvalue weighted by molar-refractivity contribution is -0.134. The Morgan fingerprint density at radius 1 is 1.37 bits per heavy atom. The van der Waals surface area contributed by atoms with Crippen molar-refractivity contribution < 1.29 is 14.3 Å². The molecular weight excluding hydrogens is 284 g/mol. The fraction of sp³-hybridized carbons (Fsp3) is 0.286. The van der Waals surface area contributed by atoms with Crippen LogP contribution < -0.4 is 0 Å². The molecule has 0 bridgehead atoms. The maximum absolute atomic E-state index is 12.0. The average molecular weight is 299 g/mol. The van der Waals surface area contributed by atoms with Crippen LogP contribution in [0.3, 0.4) is 0 Å². The molecule has 0 unspecified atom stereocenters. The molecule has 19 heavy (non-hydrogen) atoms. The second-order valence-electron chi connectivity index (χ2n) is 3.71. The lowest BCUT2D eigenvalue weighted by Crippen LogP contribution is -2.01. The molecule has 0 radical (unpaired) electrons. The maximum atomic E-state index is 12.0. The van der Waals surface area contributed by atoms with Gasteiger partial charge in [-0.25, -0.2) is 4.79 Å². The number of thioether (sulfide) groups is 1. The molecule has 0 heterocycles. The van der Waals surface area contributed by atoms with Crippen LogP contribution in [0, 0.1) is 0 Å². The Balaban J connectivity index is 2.96. The fourth-order valence-corrected chi connectivity index (χ4v) is 2.41. The van der Waals surface area contributed by atoms with Gasteiger partial charge in [-0.1, -0.05) is 18.5 Å². The van der Waals surface area contributed by atoms with Crippen molar-refractivity contribution in [2.45, 2.75) is 18.2 Å². The number of halogens is 1. The van der Waals surface area contributed by atoms with E-state index in [1.54, 1.807) is 23.9 Å². The summed E-state index contributed by atoms with van der Waals surface area (Å²) in [7, 11) is 1.26. The van der Waals surface area contributed by atoms with Crippen molar-refractivity contribution in [2.24, 2.45) is 0 Å². The highest BCUT2D eigenvalue weighted by Gasteiger charge is 2.10. The first-order chi connectivity index (χ1) is 9.08. The Morgan fingerprint density at radius 3 is 2.74 bits per heavy atom. The van der Waals surface area contributed by atoms with Crippen molar-refractivity contribution >= 4 is 35.1 Å². The van der Waals surface area contributed by atoms with Gasteiger partial charge in [0.25, 0.3) is 0 Å². The Morgan fingerprint density at radius 2 is 2.11 bits per heavy atom. The number of methoxy groups -OCH3 is 1. The van der Waals surface area contributed by atoms with E-state index in [1.165, 1.54) is 13.2 Å². The van der Waals surface area contributed by atoms with Gasteiger partial charge in [0.15, 0.2) is 5.78 Å². The van der Waals surface area contributed by atoms with Crippen molar-refractivity contribution in [2.75, 3.05) is 12.9 Å². The monoisotopic (exact) mass is 298 g/mol. The average Bonchev–Trinajstić information content (AvgIpc) is 2.42. The van der Waals surface area contributed by atoms with Gasteiger partial charge in [-0.05, 0) is 36.4 Å². The van der Waals surface area contributed by atoms with Gasteiger partial charge in [0.2, 0.25) is 0 Å². The van der Waals surface area contributed by atoms with E-state index in [0.29, 0.717) is 10.6 Å². The van der Waals surface area contributed by atoms with Gasteiger partial charge in [-0.3, -0.25) is 4.79 Å². The van der Waals surface area contributed by atoms with Crippen molar-refractivity contribution in [1.82, 2.24) is 0 Å². The number of carbonyl (C=O) groups is 2. The van der Waals surface area contributed by atoms with Gasteiger partial charge in [0, 0.05) is 21.6 Å². The summed E-state index contributed by atoms with van der Waals surface area (Å²) >= 11 is 7.50. The van der Waals surface area contributed by atoms with E-state index >= 15 is 0 Å². The number of ketones is 1. The second kappa shape index (κ2) is 8.02. The number of allylic oxidation sites excluding steroid dienone is 1. The van der Waals surface area contributed by atoms with Crippen molar-refractivity contribution in [3.05, 3.63) is 40.9 Å². The van der Waals surface area contributed by atoms with E-state index in [2.05, 4.69) is 11.7 Å². The van der Waals surface area contributed by atoms with Gasteiger partial charge in [-0.15, -0.1) is 11.8 Å². The molecular formula is C14H15ClO3S. The molecule has 0 fully saturated rings. The van der Waals surface area contributed by atoms with Crippen LogP contribution in [-0.4, -0.2) is 24.6 Å². The lowest BCUT2D eigenvalue weighted by Gasteiger charge is -2.06. The van der Waals surface area contributed by atoms with E-state index in [9.17, 15) is 9.59 Å². The van der Waals surface area contributed by atoms with Gasteiger partial charge < -0.3 is 4.74 Å². The molecule has 0 saturated carbocycles. The third-order valence-electron chi connectivity index (χ3n) is 2.24. The summed E-state index contributed by atoms with van der Waals surface area (Å²) in [6.07, 6.45) is 3.32. The summed E-state index contributed by atoms with van der Waals surface area (Å²) < 4.78 is 4.45. The zero-order valence-corrected chi connectivity index (χ0v) is 12.4. The molecule has 5 heteroatoms. The number of carbonyl (C=O) groups excluding carboxylic acids is 2. The molecule has 0 atom stereocenters. The highest BCUT2D eigenvalue weighted by molar-refractivity contribution is 7.99. The van der Waals surface area contributed by atoms with E-state index < -0.39 is 5.97 Å². The highest BCUT2D eigenvalue weighted by atomic mass is 35.5. The van der Waals surface area contributed by atoms with Gasteiger partial charge >= 0.3 is 5.97 Å². The summed E-state index contributed by atoms with van der Waals surface area (Å²) in [5, 5.41) is 0.496. The molecule has 1 rings (SSSR count). The van der Waals surface area contributed by atoms with Gasteiger partial charge in [0.1, 0.15) is 0 Å². The normalized spacial score (nSPS) is 10.7. The first-order valence-electron chi connectivity index (χ1n) is 5.81. The molecule has 0 amide bonds. The van der Waals surface area contributed by atoms with Crippen LogP contribution >= 0.6 is 23.4 Å². The van der Waals surface area contributed by atoms with Crippen LogP contribution in [0.2, 0.25) is 5.02 Å². The minimum atomic E-state index is -0.557. The Labute approximate surface area is 122 Å². The predicted molar refractivity (Wildman–Crippen MR) is 78.0 cm³/mol. The maximum Gasteiger partial charge on any atom is 0.330 e. The molecule has 0 spiro atoms. The standard InChI is InChI=1S/C14H15ClO3S/c1-3-8-19-13-6-4-10(15)9-11(13)12(16)5-7-14(17)18-2/h4-7,9H,3,8H2,1-2H3/b7-5+. The Kier molecular flexibility index (Phi) is 6.67. The summed E-state index contributed by atoms with van der Waals surface area (Å²) in [5.74, 6) is 0.104. The zero-order valence-electron chi connectivity index (χ0n) is 10.8. The molecule has 1 aromatic rings. The number of esters is 1. The number of rotatable bonds is 6. The number of benzene rings is 1. The third-order valence-corrected chi connectivity index (χ3v) is 3.76. The Bertz CT molecular complexity index is 497. The van der Waals surface area contributed by atoms with Crippen molar-refractivity contribution in [3.8, 4) is 0 Å². The molecule has 0 saturated heterocycles. The first-order valence-corrected chi connectivity index (χ1v) is 7.17. The van der Waals surface area contributed by atoms with Crippen molar-refractivity contribution in [3.63, 3.8) is 0 Å². The minimum absolute atomic E-state index is 0.258. The molecule has 3 nitrogen and oxygen atoms in total. The van der Waals surface area contributed by atoms with E-state index in [-0.39, 0.29) is 5.78 Å². The molecule has 0 N–H and O–H groups in total. The van der Waals surface area contributed by atoms with Crippen LogP contribution in [0.25, 0.3) is 0 Å². The lowest BCUT2D eigenvalue weighted by atomic mass is 10.1. The van der Waals surface area contributed by atoms with Crippen LogP contribution in [0.1, 0.15) is 23.7 Å². The highest BCUT2D eigenvalue weighted by Crippen LogP contribution is 2.27. The number of hydrogen-bond acceptors (Lipinski definition) is 4. The summed E-state index contributed by atoms with van der Waals surface area (Å²) in [5.41, 5.74) is 0.506. The van der Waals surface area contributed by atoms with E-state index in [1.807, 2.05) is 6.07 Å². The first kappa shape index (κ1) is 15.8. The number of ether oxygens (including phenoxy) is 1. The fourth-order valence-electron chi connectivity index (χ4n) is 1.33. The van der Waals surface area contributed by atoms with Crippen molar-refractivity contribution in [1.29, 1.82) is 0 Å². The Hall–Kier alpha value is -1.26. The SMILES string of the molecule is CCCSc1ccc(Cl)cc1C(=O)/C=C/C(=O)OC. The van der Waals surface area contributed by atoms with Crippen LogP contribution in [0.4, 0.5) is 0 Å². The smallest absolute Gasteiger partial charge is 0.330 e. The minimum Gasteiger partial charge on any atom is -0.466 e. The largest absolute Gasteiger partial charge is 0.466 e. The molecule has 0 aliphatic rings. The summed E-state index contributed by atoms with van der Waals surface area (Å²) in [6.45, 7) is 2.07. The quantitative estimate of drug-likeness (QED) is 0.347. The predicted octanol–water partition coefficient (Wildman–Crippen LogP) is 3.75. The summed E-state index contributed by atoms with van der Waals surface area (Å²) in [4.78, 5) is 23.9. The van der Waals surface area contributed by atoms with E-state index in [0.717, 1.165) is 23.1 Å². The molecule has 0 aromatic heterocycles. The summed E-state index contributed by atoms with van der Waals surface area (Å²) in [6, 6.07) is 5.19. The zero-order chi connectivity index (χ0) is 14.3. The van der Waals surface area contributed by atoms with Crippen LogP contribution in [0.5, 0.6) is 0 Å². The molecule has 0 aliphatic carbocycles. The molecule has 102 valence electrons. The second-order valence-corrected chi connectivity index (χ2v) is 5.28. The third kappa shape index (κ3) is 5.09. The molecule has 1 aromatic carbocycles. The molecule has 0 aliphatic heterocycles. The van der Waals surface area contributed by atoms with Gasteiger partial charge in [-0.2, -0.15) is 0 Å².